The van der Waals surface area contributed by atoms with Gasteiger partial charge in [0, 0.05) is 10.4 Å². The van der Waals surface area contributed by atoms with E-state index in [0.717, 1.165) is 10.4 Å². The average molecular weight is 276 g/mol. The summed E-state index contributed by atoms with van der Waals surface area (Å²) < 4.78 is 11.1. The van der Waals surface area contributed by atoms with Gasteiger partial charge in [-0.2, -0.15) is 0 Å². The molecule has 0 bridgehead atoms. The van der Waals surface area contributed by atoms with E-state index in [4.69, 9.17) is 18.9 Å². The van der Waals surface area contributed by atoms with Crippen LogP contribution in [0.4, 0.5) is 0 Å². The van der Waals surface area contributed by atoms with E-state index < -0.39 is 8.56 Å². The molecule has 2 aromatic carbocycles. The summed E-state index contributed by atoms with van der Waals surface area (Å²) in [6.07, 6.45) is 0. The van der Waals surface area contributed by atoms with E-state index in [9.17, 15) is 0 Å². The third-order valence-corrected chi connectivity index (χ3v) is 5.70. The summed E-state index contributed by atoms with van der Waals surface area (Å²) in [5, 5.41) is 1.81. The van der Waals surface area contributed by atoms with Crippen LogP contribution >= 0.6 is 0 Å². The zero-order chi connectivity index (χ0) is 13.6. The third kappa shape index (κ3) is 2.91. The molecule has 0 aliphatic rings. The van der Waals surface area contributed by atoms with Gasteiger partial charge in [0.15, 0.2) is 0 Å². The van der Waals surface area contributed by atoms with E-state index in [2.05, 4.69) is 0 Å². The Labute approximate surface area is 113 Å². The van der Waals surface area contributed by atoms with Crippen molar-refractivity contribution in [3.8, 4) is 0 Å². The molecule has 0 aliphatic carbocycles. The SMILES string of the molecule is COO[Si](OOC)(c1ccccc1)c1ccccc1. The van der Waals surface area contributed by atoms with E-state index >= 15 is 0 Å². The van der Waals surface area contributed by atoms with Crippen LogP contribution < -0.4 is 10.4 Å². The van der Waals surface area contributed by atoms with Gasteiger partial charge in [-0.25, -0.2) is 18.9 Å². The lowest BCUT2D eigenvalue weighted by atomic mass is 10.4. The van der Waals surface area contributed by atoms with Crippen LogP contribution in [-0.2, 0) is 18.9 Å². The van der Waals surface area contributed by atoms with Crippen molar-refractivity contribution in [3.05, 3.63) is 60.7 Å². The molecule has 0 fully saturated rings. The second-order valence-electron chi connectivity index (χ2n) is 3.85. The summed E-state index contributed by atoms with van der Waals surface area (Å²) in [5.41, 5.74) is 0. The summed E-state index contributed by atoms with van der Waals surface area (Å²) in [6, 6.07) is 19.4. The summed E-state index contributed by atoms with van der Waals surface area (Å²) in [4.78, 5) is 9.85. The first-order valence-corrected chi connectivity index (χ1v) is 7.70. The Morgan fingerprint density at radius 3 is 1.32 bits per heavy atom. The smallest absolute Gasteiger partial charge is 0.248 e. The molecular formula is C14H16O4Si. The molecule has 0 N–H and O–H groups in total. The van der Waals surface area contributed by atoms with Gasteiger partial charge < -0.3 is 0 Å². The molecule has 0 heterocycles. The molecule has 5 heteroatoms. The summed E-state index contributed by atoms with van der Waals surface area (Å²) in [5.74, 6) is 0. The minimum atomic E-state index is -2.99. The zero-order valence-corrected chi connectivity index (χ0v) is 11.9. The van der Waals surface area contributed by atoms with E-state index in [-0.39, 0.29) is 0 Å². The normalized spacial score (nSPS) is 11.5. The van der Waals surface area contributed by atoms with Gasteiger partial charge in [0.1, 0.15) is 0 Å². The molecular weight excluding hydrogens is 260 g/mol. The molecule has 100 valence electrons. The summed E-state index contributed by atoms with van der Waals surface area (Å²) in [6.45, 7) is 0. The maximum absolute atomic E-state index is 5.53. The van der Waals surface area contributed by atoms with Crippen molar-refractivity contribution in [3.63, 3.8) is 0 Å². The van der Waals surface area contributed by atoms with Crippen LogP contribution in [0.2, 0.25) is 0 Å². The maximum Gasteiger partial charge on any atom is 0.470 e. The lowest BCUT2D eigenvalue weighted by Gasteiger charge is -2.27. The van der Waals surface area contributed by atoms with Crippen LogP contribution in [0.5, 0.6) is 0 Å². The Bertz CT molecular complexity index is 442. The standard InChI is InChI=1S/C14H16O4Si/c1-15-17-19(18-16-2,13-9-5-3-6-10-13)14-11-7-4-8-12-14/h3-12H,1-2H3. The second kappa shape index (κ2) is 6.60. The lowest BCUT2D eigenvalue weighted by molar-refractivity contribution is -0.262. The molecule has 0 saturated carbocycles. The van der Waals surface area contributed by atoms with Crippen molar-refractivity contribution in [2.75, 3.05) is 14.2 Å². The number of rotatable bonds is 6. The molecule has 2 aromatic rings. The topological polar surface area (TPSA) is 36.9 Å². The molecule has 0 saturated heterocycles. The van der Waals surface area contributed by atoms with Crippen LogP contribution in [0.1, 0.15) is 0 Å². The maximum atomic E-state index is 5.53. The summed E-state index contributed by atoms with van der Waals surface area (Å²) >= 11 is 0. The molecule has 0 radical (unpaired) electrons. The quantitative estimate of drug-likeness (QED) is 0.454. The Balaban J connectivity index is 2.54. The minimum absolute atomic E-state index is 0.907. The Morgan fingerprint density at radius 1 is 0.632 bits per heavy atom. The van der Waals surface area contributed by atoms with Crippen LogP contribution in [0.25, 0.3) is 0 Å². The van der Waals surface area contributed by atoms with Gasteiger partial charge in [0.2, 0.25) is 0 Å². The van der Waals surface area contributed by atoms with Crippen LogP contribution in [-0.4, -0.2) is 22.8 Å². The van der Waals surface area contributed by atoms with Gasteiger partial charge in [-0.3, -0.25) is 0 Å². The van der Waals surface area contributed by atoms with Crippen molar-refractivity contribution in [2.24, 2.45) is 0 Å². The highest BCUT2D eigenvalue weighted by atomic mass is 28.4. The van der Waals surface area contributed by atoms with Crippen molar-refractivity contribution >= 4 is 18.9 Å². The Morgan fingerprint density at radius 2 is 1.00 bits per heavy atom. The highest BCUT2D eigenvalue weighted by Gasteiger charge is 2.46. The molecule has 2 rings (SSSR count). The molecule has 0 atom stereocenters. The fourth-order valence-corrected chi connectivity index (χ4v) is 4.40. The molecule has 0 aliphatic heterocycles. The van der Waals surface area contributed by atoms with Crippen molar-refractivity contribution in [2.45, 2.75) is 0 Å². The molecule has 0 amide bonds. The Kier molecular flexibility index (Phi) is 4.84. The third-order valence-electron chi connectivity index (χ3n) is 2.71. The predicted molar refractivity (Wildman–Crippen MR) is 74.1 cm³/mol. The highest BCUT2D eigenvalue weighted by Crippen LogP contribution is 2.10. The van der Waals surface area contributed by atoms with Gasteiger partial charge >= 0.3 is 8.56 Å². The van der Waals surface area contributed by atoms with Gasteiger partial charge in [-0.1, -0.05) is 60.7 Å². The van der Waals surface area contributed by atoms with Gasteiger partial charge in [0.05, 0.1) is 14.2 Å². The number of hydrogen-bond acceptors (Lipinski definition) is 4. The molecule has 0 unspecified atom stereocenters. The lowest BCUT2D eigenvalue weighted by Crippen LogP contribution is -2.63. The number of hydrogen-bond donors (Lipinski definition) is 0. The van der Waals surface area contributed by atoms with Crippen LogP contribution in [0.3, 0.4) is 0 Å². The molecule has 4 nitrogen and oxygen atoms in total. The van der Waals surface area contributed by atoms with E-state index in [1.165, 1.54) is 14.2 Å². The first kappa shape index (κ1) is 13.9. The van der Waals surface area contributed by atoms with Gasteiger partial charge in [0.25, 0.3) is 0 Å². The first-order valence-electron chi connectivity index (χ1n) is 5.88. The zero-order valence-electron chi connectivity index (χ0n) is 10.9. The molecule has 0 spiro atoms. The average Bonchev–Trinajstić information content (AvgIpc) is 2.49. The number of benzene rings is 2. The van der Waals surface area contributed by atoms with Crippen molar-refractivity contribution in [1.82, 2.24) is 0 Å². The Hall–Kier alpha value is -1.50. The van der Waals surface area contributed by atoms with Crippen molar-refractivity contribution in [1.29, 1.82) is 0 Å². The fourth-order valence-electron chi connectivity index (χ4n) is 1.92. The fraction of sp³-hybridized carbons (Fsp3) is 0.143. The largest absolute Gasteiger partial charge is 0.470 e. The van der Waals surface area contributed by atoms with Crippen LogP contribution in [0, 0.1) is 0 Å². The molecule has 19 heavy (non-hydrogen) atoms. The predicted octanol–water partition coefficient (Wildman–Crippen LogP) is 1.40. The summed E-state index contributed by atoms with van der Waals surface area (Å²) in [7, 11) is -0.0623. The monoisotopic (exact) mass is 276 g/mol. The van der Waals surface area contributed by atoms with Crippen molar-refractivity contribution < 1.29 is 18.9 Å². The second-order valence-corrected chi connectivity index (χ2v) is 6.57. The highest BCUT2D eigenvalue weighted by molar-refractivity contribution is 6.92. The minimum Gasteiger partial charge on any atom is -0.248 e. The first-order chi connectivity index (χ1) is 9.33. The van der Waals surface area contributed by atoms with Crippen LogP contribution in [0.15, 0.2) is 60.7 Å². The molecule has 0 aromatic heterocycles. The van der Waals surface area contributed by atoms with E-state index in [1.54, 1.807) is 0 Å². The van der Waals surface area contributed by atoms with Gasteiger partial charge in [-0.05, 0) is 0 Å². The van der Waals surface area contributed by atoms with E-state index in [0.29, 0.717) is 0 Å². The van der Waals surface area contributed by atoms with Gasteiger partial charge in [-0.15, -0.1) is 0 Å². The van der Waals surface area contributed by atoms with E-state index in [1.807, 2.05) is 60.7 Å².